The van der Waals surface area contributed by atoms with Crippen LogP contribution in [-0.2, 0) is 17.6 Å². The monoisotopic (exact) mass is 305 g/mol. The second kappa shape index (κ2) is 7.68. The van der Waals surface area contributed by atoms with Crippen LogP contribution in [0, 0.1) is 5.82 Å². The summed E-state index contributed by atoms with van der Waals surface area (Å²) in [7, 11) is 0. The lowest BCUT2D eigenvalue weighted by molar-refractivity contribution is -0.120. The summed E-state index contributed by atoms with van der Waals surface area (Å²) in [5.41, 5.74) is 0.789. The molecule has 0 bridgehead atoms. The zero-order valence-electron chi connectivity index (χ0n) is 12.8. The fraction of sp³-hybridized carbons (Fsp3) is 0.438. The molecule has 22 heavy (non-hydrogen) atoms. The highest BCUT2D eigenvalue weighted by atomic mass is 19.1. The van der Waals surface area contributed by atoms with Crippen molar-refractivity contribution >= 4 is 5.91 Å². The van der Waals surface area contributed by atoms with Crippen molar-refractivity contribution in [3.05, 3.63) is 47.4 Å². The van der Waals surface area contributed by atoms with Gasteiger partial charge < -0.3 is 9.84 Å². The smallest absolute Gasteiger partial charge is 0.226 e. The van der Waals surface area contributed by atoms with Gasteiger partial charge in [0.15, 0.2) is 5.82 Å². The fourth-order valence-corrected chi connectivity index (χ4v) is 1.92. The largest absolute Gasteiger partial charge is 0.356 e. The van der Waals surface area contributed by atoms with Crippen LogP contribution in [0.5, 0.6) is 0 Å². The Morgan fingerprint density at radius 3 is 2.68 bits per heavy atom. The van der Waals surface area contributed by atoms with Crippen LogP contribution in [0.4, 0.5) is 4.39 Å². The molecule has 0 fully saturated rings. The van der Waals surface area contributed by atoms with Crippen molar-refractivity contribution in [2.24, 2.45) is 0 Å². The van der Waals surface area contributed by atoms with Gasteiger partial charge in [-0.1, -0.05) is 31.1 Å². The highest BCUT2D eigenvalue weighted by molar-refractivity contribution is 5.78. The molecule has 2 aromatic rings. The van der Waals surface area contributed by atoms with E-state index in [0.717, 1.165) is 12.0 Å². The molecule has 1 amide bonds. The topological polar surface area (TPSA) is 68.0 Å². The Bertz CT molecular complexity index is 608. The molecule has 0 atom stereocenters. The molecule has 0 saturated heterocycles. The molecule has 0 unspecified atom stereocenters. The van der Waals surface area contributed by atoms with Gasteiger partial charge in [0, 0.05) is 18.9 Å². The third kappa shape index (κ3) is 4.95. The summed E-state index contributed by atoms with van der Waals surface area (Å²) in [4.78, 5) is 16.0. The summed E-state index contributed by atoms with van der Waals surface area (Å²) in [5.74, 6) is 1.16. The first-order valence-electron chi connectivity index (χ1n) is 7.38. The maximum absolute atomic E-state index is 12.8. The first-order valence-corrected chi connectivity index (χ1v) is 7.38. The van der Waals surface area contributed by atoms with Gasteiger partial charge >= 0.3 is 0 Å². The summed E-state index contributed by atoms with van der Waals surface area (Å²) in [6.45, 7) is 4.55. The molecule has 118 valence electrons. The van der Waals surface area contributed by atoms with Gasteiger partial charge in [0.2, 0.25) is 11.8 Å². The zero-order valence-corrected chi connectivity index (χ0v) is 12.8. The molecule has 5 nitrogen and oxygen atoms in total. The Morgan fingerprint density at radius 2 is 2.05 bits per heavy atom. The Balaban J connectivity index is 1.67. The maximum Gasteiger partial charge on any atom is 0.226 e. The van der Waals surface area contributed by atoms with Crippen LogP contribution < -0.4 is 5.32 Å². The van der Waals surface area contributed by atoms with Crippen molar-refractivity contribution in [1.29, 1.82) is 0 Å². The summed E-state index contributed by atoms with van der Waals surface area (Å²) in [6.07, 6.45) is 1.61. The standard InChI is InChI=1S/C16H20FN3O2/c1-11(2)16-19-15(22-20-16)4-3-9-18-14(21)10-12-5-7-13(17)8-6-12/h5-8,11H,3-4,9-10H2,1-2H3,(H,18,21). The van der Waals surface area contributed by atoms with E-state index in [2.05, 4.69) is 15.5 Å². The molecule has 0 aliphatic rings. The predicted molar refractivity (Wildman–Crippen MR) is 79.8 cm³/mol. The minimum atomic E-state index is -0.301. The number of halogens is 1. The number of amides is 1. The number of aryl methyl sites for hydroxylation is 1. The lowest BCUT2D eigenvalue weighted by Gasteiger charge is -2.04. The van der Waals surface area contributed by atoms with E-state index >= 15 is 0 Å². The quantitative estimate of drug-likeness (QED) is 0.798. The first-order chi connectivity index (χ1) is 10.5. The molecule has 2 rings (SSSR count). The molecule has 0 radical (unpaired) electrons. The molecule has 6 heteroatoms. The zero-order chi connectivity index (χ0) is 15.9. The van der Waals surface area contributed by atoms with Crippen LogP contribution in [0.15, 0.2) is 28.8 Å². The minimum Gasteiger partial charge on any atom is -0.356 e. The third-order valence-electron chi connectivity index (χ3n) is 3.17. The van der Waals surface area contributed by atoms with Crippen LogP contribution >= 0.6 is 0 Å². The number of nitrogens with one attached hydrogen (secondary N) is 1. The Morgan fingerprint density at radius 1 is 1.32 bits per heavy atom. The van der Waals surface area contributed by atoms with Gasteiger partial charge in [0.1, 0.15) is 5.82 Å². The number of hydrogen-bond donors (Lipinski definition) is 1. The van der Waals surface area contributed by atoms with Crippen LogP contribution in [0.25, 0.3) is 0 Å². The lowest BCUT2D eigenvalue weighted by Crippen LogP contribution is -2.26. The lowest BCUT2D eigenvalue weighted by atomic mass is 10.1. The second-order valence-corrected chi connectivity index (χ2v) is 5.46. The normalized spacial score (nSPS) is 10.9. The van der Waals surface area contributed by atoms with E-state index in [4.69, 9.17) is 4.52 Å². The van der Waals surface area contributed by atoms with Crippen molar-refractivity contribution < 1.29 is 13.7 Å². The van der Waals surface area contributed by atoms with Gasteiger partial charge in [-0.2, -0.15) is 4.98 Å². The number of benzene rings is 1. The van der Waals surface area contributed by atoms with Gasteiger partial charge in [-0.15, -0.1) is 0 Å². The van der Waals surface area contributed by atoms with Crippen molar-refractivity contribution in [3.63, 3.8) is 0 Å². The molecule has 1 aromatic heterocycles. The summed E-state index contributed by atoms with van der Waals surface area (Å²) in [6, 6.07) is 5.93. The second-order valence-electron chi connectivity index (χ2n) is 5.46. The highest BCUT2D eigenvalue weighted by Gasteiger charge is 2.09. The van der Waals surface area contributed by atoms with Crippen LogP contribution in [0.2, 0.25) is 0 Å². The number of aromatic nitrogens is 2. The van der Waals surface area contributed by atoms with Crippen molar-refractivity contribution in [2.75, 3.05) is 6.54 Å². The van der Waals surface area contributed by atoms with E-state index in [1.54, 1.807) is 12.1 Å². The van der Waals surface area contributed by atoms with E-state index in [1.807, 2.05) is 13.8 Å². The van der Waals surface area contributed by atoms with E-state index < -0.39 is 0 Å². The van der Waals surface area contributed by atoms with Gasteiger partial charge in [-0.25, -0.2) is 4.39 Å². The fourth-order valence-electron chi connectivity index (χ4n) is 1.92. The van der Waals surface area contributed by atoms with E-state index in [0.29, 0.717) is 24.7 Å². The van der Waals surface area contributed by atoms with Crippen LogP contribution in [-0.4, -0.2) is 22.6 Å². The van der Waals surface area contributed by atoms with Crippen molar-refractivity contribution in [1.82, 2.24) is 15.5 Å². The SMILES string of the molecule is CC(C)c1noc(CCCNC(=O)Cc2ccc(F)cc2)n1. The van der Waals surface area contributed by atoms with E-state index in [9.17, 15) is 9.18 Å². The van der Waals surface area contributed by atoms with Crippen LogP contribution in [0.3, 0.4) is 0 Å². The number of hydrogen-bond acceptors (Lipinski definition) is 4. The number of rotatable bonds is 7. The molecule has 0 saturated carbocycles. The molecular weight excluding hydrogens is 285 g/mol. The summed E-state index contributed by atoms with van der Waals surface area (Å²) in [5, 5.41) is 6.71. The maximum atomic E-state index is 12.8. The first kappa shape index (κ1) is 16.1. The van der Waals surface area contributed by atoms with Gasteiger partial charge in [-0.05, 0) is 24.1 Å². The Labute approximate surface area is 128 Å². The molecular formula is C16H20FN3O2. The van der Waals surface area contributed by atoms with Crippen LogP contribution in [0.1, 0.15) is 43.5 Å². The van der Waals surface area contributed by atoms with Gasteiger partial charge in [0.25, 0.3) is 0 Å². The number of carbonyl (C=O) groups is 1. The van der Waals surface area contributed by atoms with Gasteiger partial charge in [0.05, 0.1) is 6.42 Å². The number of carbonyl (C=O) groups excluding carboxylic acids is 1. The van der Waals surface area contributed by atoms with E-state index in [1.165, 1.54) is 12.1 Å². The molecule has 0 aliphatic heterocycles. The number of nitrogens with zero attached hydrogens (tertiary/aromatic N) is 2. The average Bonchev–Trinajstić information content (AvgIpc) is 2.95. The van der Waals surface area contributed by atoms with E-state index in [-0.39, 0.29) is 24.1 Å². The van der Waals surface area contributed by atoms with Gasteiger partial charge in [-0.3, -0.25) is 4.79 Å². The Hall–Kier alpha value is -2.24. The molecule has 0 aliphatic carbocycles. The summed E-state index contributed by atoms with van der Waals surface area (Å²) < 4.78 is 17.9. The molecule has 1 aromatic carbocycles. The average molecular weight is 305 g/mol. The highest BCUT2D eigenvalue weighted by Crippen LogP contribution is 2.10. The summed E-state index contributed by atoms with van der Waals surface area (Å²) >= 11 is 0. The third-order valence-corrected chi connectivity index (χ3v) is 3.17. The van der Waals surface area contributed by atoms with Crippen molar-refractivity contribution in [2.45, 2.75) is 39.0 Å². The predicted octanol–water partition coefficient (Wildman–Crippen LogP) is 2.62. The Kier molecular flexibility index (Phi) is 5.63. The molecule has 1 N–H and O–H groups in total. The molecule has 0 spiro atoms. The minimum absolute atomic E-state index is 0.0833. The molecule has 1 heterocycles. The van der Waals surface area contributed by atoms with Crippen molar-refractivity contribution in [3.8, 4) is 0 Å².